The van der Waals surface area contributed by atoms with Crippen molar-refractivity contribution in [3.63, 3.8) is 0 Å². The number of benzene rings is 3. The van der Waals surface area contributed by atoms with Crippen LogP contribution in [0.25, 0.3) is 44.0 Å². The second-order valence-corrected chi connectivity index (χ2v) is 10.0. The van der Waals surface area contributed by atoms with Crippen LogP contribution in [0, 0.1) is 24.8 Å². The topological polar surface area (TPSA) is 63.3 Å². The average Bonchev–Trinajstić information content (AvgIpc) is 3.35. The van der Waals surface area contributed by atoms with E-state index in [-0.39, 0.29) is 43.5 Å². The van der Waals surface area contributed by atoms with Gasteiger partial charge in [0.15, 0.2) is 5.78 Å². The summed E-state index contributed by atoms with van der Waals surface area (Å²) in [5, 5.41) is 14.3. The minimum absolute atomic E-state index is 0. The van der Waals surface area contributed by atoms with Gasteiger partial charge in [-0.2, -0.15) is 0 Å². The van der Waals surface area contributed by atoms with Crippen LogP contribution in [-0.2, 0) is 24.9 Å². The largest absolute Gasteiger partial charge is 0.512 e. The van der Waals surface area contributed by atoms with Crippen molar-refractivity contribution in [2.75, 3.05) is 0 Å². The van der Waals surface area contributed by atoms with E-state index in [1.54, 1.807) is 0 Å². The van der Waals surface area contributed by atoms with Crippen LogP contribution in [0.5, 0.6) is 0 Å². The normalized spacial score (nSPS) is 11.6. The molecule has 1 N–H and O–H groups in total. The van der Waals surface area contributed by atoms with E-state index >= 15 is 0 Å². The van der Waals surface area contributed by atoms with Crippen molar-refractivity contribution in [3.05, 3.63) is 90.3 Å². The third kappa shape index (κ3) is 6.54. The Morgan fingerprint density at radius 3 is 2.23 bits per heavy atom. The van der Waals surface area contributed by atoms with Crippen LogP contribution in [0.15, 0.2) is 83.1 Å². The van der Waals surface area contributed by atoms with E-state index < -0.39 is 0 Å². The Hall–Kier alpha value is -3.27. The molecule has 5 heteroatoms. The van der Waals surface area contributed by atoms with E-state index in [1.165, 1.54) is 11.5 Å². The number of pyridine rings is 1. The van der Waals surface area contributed by atoms with E-state index in [0.717, 1.165) is 69.8 Å². The number of nitrogens with zero attached hydrogens (tertiary/aromatic N) is 1. The zero-order valence-electron chi connectivity index (χ0n) is 24.0. The van der Waals surface area contributed by atoms with E-state index in [9.17, 15) is 9.90 Å². The Morgan fingerprint density at radius 2 is 1.52 bits per heavy atom. The number of hydrogen-bond donors (Lipinski definition) is 1. The van der Waals surface area contributed by atoms with Crippen LogP contribution >= 0.6 is 0 Å². The maximum absolute atomic E-state index is 11.7. The standard InChI is InChI=1S/C22H14NO.C13H24O2.Ir/c1-14-6-4-9-17-18-10-5-11-19(22(18)24-21(14)17)20-16-8-3-2-7-15(16)12-13-23-20;1-5-10(6-2)12(14)9-13(15)11(7-3)8-4;/h2-10,12-13H,1H3;9-11,14H,5-8H2,1-4H3;/q-1;;/b;12-9-;. The van der Waals surface area contributed by atoms with Crippen molar-refractivity contribution in [3.8, 4) is 11.3 Å². The van der Waals surface area contributed by atoms with Gasteiger partial charge in [-0.15, -0.1) is 18.2 Å². The fourth-order valence-corrected chi connectivity index (χ4v) is 5.18. The van der Waals surface area contributed by atoms with Crippen LogP contribution in [-0.4, -0.2) is 15.9 Å². The molecule has 0 aliphatic carbocycles. The first-order chi connectivity index (χ1) is 18.9. The molecule has 5 rings (SSSR count). The maximum Gasteiger partial charge on any atom is 0.162 e. The van der Waals surface area contributed by atoms with Crippen LogP contribution < -0.4 is 0 Å². The van der Waals surface area contributed by atoms with Gasteiger partial charge in [-0.1, -0.05) is 81.1 Å². The molecule has 5 aromatic rings. The quantitative estimate of drug-likeness (QED) is 0.0989. The monoisotopic (exact) mass is 713 g/mol. The van der Waals surface area contributed by atoms with Crippen molar-refractivity contribution < 1.29 is 34.4 Å². The zero-order chi connectivity index (χ0) is 27.9. The van der Waals surface area contributed by atoms with Crippen LogP contribution in [0.4, 0.5) is 0 Å². The molecule has 0 saturated heterocycles. The third-order valence-corrected chi connectivity index (χ3v) is 7.65. The number of aromatic nitrogens is 1. The number of hydrogen-bond acceptors (Lipinski definition) is 4. The molecule has 0 aliphatic rings. The van der Waals surface area contributed by atoms with Gasteiger partial charge in [0.2, 0.25) is 0 Å². The number of furan rings is 1. The van der Waals surface area contributed by atoms with Gasteiger partial charge >= 0.3 is 0 Å². The number of aliphatic hydroxyl groups is 1. The Balaban J connectivity index is 0.000000243. The molecule has 1 radical (unpaired) electrons. The minimum atomic E-state index is 0. The second-order valence-electron chi connectivity index (χ2n) is 10.0. The minimum Gasteiger partial charge on any atom is -0.512 e. The molecule has 3 aromatic carbocycles. The Morgan fingerprint density at radius 1 is 0.875 bits per heavy atom. The van der Waals surface area contributed by atoms with E-state index in [1.807, 2.05) is 58.2 Å². The summed E-state index contributed by atoms with van der Waals surface area (Å²) in [6.07, 6.45) is 6.75. The first kappa shape index (κ1) is 31.3. The molecule has 0 bridgehead atoms. The predicted molar refractivity (Wildman–Crippen MR) is 162 cm³/mol. The molecule has 0 amide bonds. The average molecular weight is 713 g/mol. The summed E-state index contributed by atoms with van der Waals surface area (Å²) in [7, 11) is 0. The molecule has 0 saturated carbocycles. The number of aryl methyl sites for hydroxylation is 1. The molecule has 40 heavy (non-hydrogen) atoms. The number of carbonyl (C=O) groups is 1. The molecule has 4 nitrogen and oxygen atoms in total. The number of aliphatic hydroxyl groups excluding tert-OH is 1. The van der Waals surface area contributed by atoms with Gasteiger partial charge in [-0.25, -0.2) is 0 Å². The van der Waals surface area contributed by atoms with Gasteiger partial charge < -0.3 is 14.5 Å². The molecule has 211 valence electrons. The summed E-state index contributed by atoms with van der Waals surface area (Å²) in [5.41, 5.74) is 4.76. The molecular weight excluding hydrogens is 675 g/mol. The number of carbonyl (C=O) groups excluding carboxylic acids is 1. The number of ketones is 1. The van der Waals surface area contributed by atoms with E-state index in [4.69, 9.17) is 4.42 Å². The zero-order valence-corrected chi connectivity index (χ0v) is 26.4. The van der Waals surface area contributed by atoms with Crippen molar-refractivity contribution in [1.29, 1.82) is 0 Å². The summed E-state index contributed by atoms with van der Waals surface area (Å²) in [6.45, 7) is 10.1. The summed E-state index contributed by atoms with van der Waals surface area (Å²) in [4.78, 5) is 16.3. The Bertz CT molecular complexity index is 1600. The smallest absolute Gasteiger partial charge is 0.162 e. The van der Waals surface area contributed by atoms with Crippen LogP contribution in [0.1, 0.15) is 58.9 Å². The molecule has 0 atom stereocenters. The second kappa shape index (κ2) is 14.4. The predicted octanol–water partition coefficient (Wildman–Crippen LogP) is 9.78. The van der Waals surface area contributed by atoms with E-state index in [2.05, 4.69) is 54.4 Å². The summed E-state index contributed by atoms with van der Waals surface area (Å²) < 4.78 is 6.25. The third-order valence-electron chi connectivity index (χ3n) is 7.65. The van der Waals surface area contributed by atoms with Crippen molar-refractivity contribution in [1.82, 2.24) is 4.98 Å². The fraction of sp³-hybridized carbons (Fsp3) is 0.314. The molecule has 0 aliphatic heterocycles. The molecular formula is C35H38IrNO3-. The van der Waals surface area contributed by atoms with Crippen molar-refractivity contribution in [2.24, 2.45) is 11.8 Å². The summed E-state index contributed by atoms with van der Waals surface area (Å²) in [6, 6.07) is 23.9. The van der Waals surface area contributed by atoms with Gasteiger partial charge in [0.25, 0.3) is 0 Å². The molecule has 2 heterocycles. The first-order valence-electron chi connectivity index (χ1n) is 14.0. The molecule has 2 aromatic heterocycles. The first-order valence-corrected chi connectivity index (χ1v) is 14.0. The van der Waals surface area contributed by atoms with Gasteiger partial charge in [0, 0.05) is 49.6 Å². The number of para-hydroxylation sites is 1. The molecule has 0 spiro atoms. The summed E-state index contributed by atoms with van der Waals surface area (Å²) in [5.74, 6) is 0.547. The number of fused-ring (bicyclic) bond motifs is 4. The van der Waals surface area contributed by atoms with Crippen molar-refractivity contribution >= 4 is 38.5 Å². The maximum atomic E-state index is 11.7. The van der Waals surface area contributed by atoms with Gasteiger partial charge in [0.1, 0.15) is 5.58 Å². The summed E-state index contributed by atoms with van der Waals surface area (Å²) >= 11 is 0. The SMILES string of the molecule is CCC(CC)C(=O)/C=C(\O)C(CC)CC.Cc1cccc2c1oc1c(-c3nccc4ccccc34)[c-]ccc12.[Ir]. The molecule has 0 unspecified atom stereocenters. The Kier molecular flexibility index (Phi) is 11.2. The van der Waals surface area contributed by atoms with Gasteiger partial charge in [-0.05, 0) is 60.7 Å². The number of rotatable bonds is 8. The van der Waals surface area contributed by atoms with Crippen LogP contribution in [0.3, 0.4) is 0 Å². The number of allylic oxidation sites excluding steroid dienone is 2. The van der Waals surface area contributed by atoms with Crippen molar-refractivity contribution in [2.45, 2.75) is 60.3 Å². The van der Waals surface area contributed by atoms with Crippen LogP contribution in [0.2, 0.25) is 0 Å². The Labute approximate surface area is 250 Å². The van der Waals surface area contributed by atoms with E-state index in [0.29, 0.717) is 0 Å². The van der Waals surface area contributed by atoms with Gasteiger partial charge in [-0.3, -0.25) is 4.79 Å². The molecule has 0 fully saturated rings. The van der Waals surface area contributed by atoms with Gasteiger partial charge in [0.05, 0.1) is 11.3 Å². The fourth-order valence-electron chi connectivity index (χ4n) is 5.18.